The summed E-state index contributed by atoms with van der Waals surface area (Å²) in [5.74, 6) is -1.57. The van der Waals surface area contributed by atoms with Gasteiger partial charge < -0.3 is 14.2 Å². The zero-order chi connectivity index (χ0) is 22.4. The van der Waals surface area contributed by atoms with E-state index in [9.17, 15) is 14.4 Å². The number of carbonyl (C=O) groups excluding carboxylic acids is 3. The number of ether oxygens (including phenoxy) is 3. The average molecular weight is 422 g/mol. The van der Waals surface area contributed by atoms with E-state index in [0.717, 1.165) is 5.56 Å². The van der Waals surface area contributed by atoms with Gasteiger partial charge in [0.15, 0.2) is 5.78 Å². The molecule has 0 radical (unpaired) electrons. The lowest BCUT2D eigenvalue weighted by Crippen LogP contribution is -2.41. The molecule has 2 aromatic rings. The average Bonchev–Trinajstić information content (AvgIpc) is 2.72. The molecule has 0 aliphatic heterocycles. The third kappa shape index (κ3) is 5.60. The fourth-order valence-electron chi connectivity index (χ4n) is 3.56. The molecule has 6 heteroatoms. The fourth-order valence-corrected chi connectivity index (χ4v) is 3.56. The topological polar surface area (TPSA) is 78.9 Å². The Hall–Kier alpha value is -3.41. The first-order chi connectivity index (χ1) is 14.8. The van der Waals surface area contributed by atoms with Crippen molar-refractivity contribution >= 4 is 17.7 Å². The highest BCUT2D eigenvalue weighted by atomic mass is 16.5. The van der Waals surface area contributed by atoms with E-state index in [0.29, 0.717) is 17.9 Å². The molecule has 162 valence electrons. The van der Waals surface area contributed by atoms with Gasteiger partial charge in [-0.3, -0.25) is 9.59 Å². The molecule has 1 atom stereocenters. The van der Waals surface area contributed by atoms with Gasteiger partial charge in [0.1, 0.15) is 24.0 Å². The SMILES string of the molecule is CCOC(=O)C1C(=O)C=C(OC(=O)c2ccc(OCc3ccccc3)cc2)CC1(C)C. The molecule has 0 N–H and O–H groups in total. The third-order valence-corrected chi connectivity index (χ3v) is 5.08. The van der Waals surface area contributed by atoms with Crippen LogP contribution in [-0.4, -0.2) is 24.3 Å². The molecule has 6 nitrogen and oxygen atoms in total. The second kappa shape index (κ2) is 9.60. The van der Waals surface area contributed by atoms with Gasteiger partial charge >= 0.3 is 11.9 Å². The first-order valence-electron chi connectivity index (χ1n) is 10.2. The predicted molar refractivity (Wildman–Crippen MR) is 114 cm³/mol. The Labute approximate surface area is 181 Å². The smallest absolute Gasteiger partial charge is 0.343 e. The molecule has 3 rings (SSSR count). The number of ketones is 1. The highest BCUT2D eigenvalue weighted by Crippen LogP contribution is 2.40. The molecule has 0 heterocycles. The van der Waals surface area contributed by atoms with Gasteiger partial charge in [-0.1, -0.05) is 44.2 Å². The third-order valence-electron chi connectivity index (χ3n) is 5.08. The quantitative estimate of drug-likeness (QED) is 0.483. The minimum absolute atomic E-state index is 0.204. The lowest BCUT2D eigenvalue weighted by atomic mass is 9.70. The largest absolute Gasteiger partial charge is 0.489 e. The van der Waals surface area contributed by atoms with Crippen LogP contribution in [0.4, 0.5) is 0 Å². The first-order valence-corrected chi connectivity index (χ1v) is 10.2. The summed E-state index contributed by atoms with van der Waals surface area (Å²) in [6.07, 6.45) is 1.49. The molecule has 1 unspecified atom stereocenters. The van der Waals surface area contributed by atoms with E-state index in [4.69, 9.17) is 14.2 Å². The van der Waals surface area contributed by atoms with Gasteiger partial charge in [0, 0.05) is 12.5 Å². The summed E-state index contributed by atoms with van der Waals surface area (Å²) >= 11 is 0. The van der Waals surface area contributed by atoms with Crippen molar-refractivity contribution < 1.29 is 28.6 Å². The van der Waals surface area contributed by atoms with Crippen molar-refractivity contribution in [2.75, 3.05) is 6.61 Å². The summed E-state index contributed by atoms with van der Waals surface area (Å²) < 4.78 is 16.2. The van der Waals surface area contributed by atoms with Crippen LogP contribution in [0.1, 0.15) is 43.1 Å². The number of allylic oxidation sites excluding steroid dienone is 2. The zero-order valence-electron chi connectivity index (χ0n) is 17.9. The van der Waals surface area contributed by atoms with Crippen molar-refractivity contribution in [1.82, 2.24) is 0 Å². The monoisotopic (exact) mass is 422 g/mol. The maximum Gasteiger partial charge on any atom is 0.343 e. The number of esters is 2. The zero-order valence-corrected chi connectivity index (χ0v) is 17.9. The Balaban J connectivity index is 1.62. The molecule has 1 aliphatic rings. The van der Waals surface area contributed by atoms with E-state index in [1.807, 2.05) is 30.3 Å². The Bertz CT molecular complexity index is 973. The van der Waals surface area contributed by atoms with Crippen LogP contribution in [0.3, 0.4) is 0 Å². The van der Waals surface area contributed by atoms with Crippen molar-refractivity contribution in [2.45, 2.75) is 33.8 Å². The van der Waals surface area contributed by atoms with Gasteiger partial charge in [0.25, 0.3) is 0 Å². The highest BCUT2D eigenvalue weighted by Gasteiger charge is 2.45. The van der Waals surface area contributed by atoms with E-state index >= 15 is 0 Å². The van der Waals surface area contributed by atoms with Gasteiger partial charge in [0.05, 0.1) is 12.2 Å². The minimum Gasteiger partial charge on any atom is -0.489 e. The van der Waals surface area contributed by atoms with E-state index in [1.54, 1.807) is 45.0 Å². The second-order valence-corrected chi connectivity index (χ2v) is 8.05. The molecule has 0 saturated heterocycles. The Morgan fingerprint density at radius 2 is 1.71 bits per heavy atom. The molecule has 1 aliphatic carbocycles. The minimum atomic E-state index is -0.907. The lowest BCUT2D eigenvalue weighted by Gasteiger charge is -2.34. The second-order valence-electron chi connectivity index (χ2n) is 8.05. The molecule has 0 aromatic heterocycles. The fraction of sp³-hybridized carbons (Fsp3) is 0.320. The number of rotatable bonds is 7. The molecular weight excluding hydrogens is 396 g/mol. The summed E-state index contributed by atoms with van der Waals surface area (Å²) in [6.45, 7) is 5.89. The summed E-state index contributed by atoms with van der Waals surface area (Å²) in [5, 5.41) is 0. The summed E-state index contributed by atoms with van der Waals surface area (Å²) in [4.78, 5) is 37.2. The summed E-state index contributed by atoms with van der Waals surface area (Å²) in [7, 11) is 0. The number of hydrogen-bond donors (Lipinski definition) is 0. The number of carbonyl (C=O) groups is 3. The van der Waals surface area contributed by atoms with Crippen LogP contribution in [0.15, 0.2) is 66.4 Å². The van der Waals surface area contributed by atoms with E-state index in [-0.39, 0.29) is 18.8 Å². The first kappa shape index (κ1) is 22.3. The van der Waals surface area contributed by atoms with Crippen molar-refractivity contribution in [3.8, 4) is 5.75 Å². The van der Waals surface area contributed by atoms with Gasteiger partial charge in [0.2, 0.25) is 0 Å². The van der Waals surface area contributed by atoms with Crippen LogP contribution in [0.5, 0.6) is 5.75 Å². The van der Waals surface area contributed by atoms with E-state index in [1.165, 1.54) is 6.08 Å². The molecule has 31 heavy (non-hydrogen) atoms. The molecule has 0 amide bonds. The predicted octanol–water partition coefficient (Wildman–Crippen LogP) is 4.48. The Kier molecular flexibility index (Phi) is 6.90. The van der Waals surface area contributed by atoms with Crippen LogP contribution in [0.25, 0.3) is 0 Å². The van der Waals surface area contributed by atoms with Crippen molar-refractivity contribution in [2.24, 2.45) is 11.3 Å². The molecule has 0 spiro atoms. The summed E-state index contributed by atoms with van der Waals surface area (Å²) in [6, 6.07) is 16.4. The van der Waals surface area contributed by atoms with E-state index < -0.39 is 29.1 Å². The van der Waals surface area contributed by atoms with Crippen molar-refractivity contribution in [3.05, 3.63) is 77.6 Å². The molecule has 2 aromatic carbocycles. The van der Waals surface area contributed by atoms with Crippen LogP contribution in [-0.2, 0) is 25.7 Å². The standard InChI is InChI=1S/C25H26O6/c1-4-29-24(28)22-21(26)14-20(15-25(22,2)3)31-23(27)18-10-12-19(13-11-18)30-16-17-8-6-5-7-9-17/h5-14,22H,4,15-16H2,1-3H3. The summed E-state index contributed by atoms with van der Waals surface area (Å²) in [5.41, 5.74) is 0.664. The number of hydrogen-bond acceptors (Lipinski definition) is 6. The number of benzene rings is 2. The van der Waals surface area contributed by atoms with Gasteiger partial charge in [-0.2, -0.15) is 0 Å². The maximum atomic E-state index is 12.5. The van der Waals surface area contributed by atoms with Crippen LogP contribution >= 0.6 is 0 Å². The molecular formula is C25H26O6. The Morgan fingerprint density at radius 3 is 2.32 bits per heavy atom. The van der Waals surface area contributed by atoms with Gasteiger partial charge in [-0.25, -0.2) is 4.79 Å². The van der Waals surface area contributed by atoms with Gasteiger partial charge in [-0.05, 0) is 42.2 Å². The maximum absolute atomic E-state index is 12.5. The van der Waals surface area contributed by atoms with Crippen LogP contribution in [0.2, 0.25) is 0 Å². The van der Waals surface area contributed by atoms with Crippen molar-refractivity contribution in [3.63, 3.8) is 0 Å². The van der Waals surface area contributed by atoms with E-state index in [2.05, 4.69) is 0 Å². The highest BCUT2D eigenvalue weighted by molar-refractivity contribution is 6.07. The molecule has 0 bridgehead atoms. The normalized spacial score (nSPS) is 17.5. The Morgan fingerprint density at radius 1 is 1.03 bits per heavy atom. The van der Waals surface area contributed by atoms with Crippen molar-refractivity contribution in [1.29, 1.82) is 0 Å². The van der Waals surface area contributed by atoms with Crippen LogP contribution < -0.4 is 4.74 Å². The molecule has 0 saturated carbocycles. The lowest BCUT2D eigenvalue weighted by molar-refractivity contribution is -0.156. The van der Waals surface area contributed by atoms with Crippen LogP contribution in [0, 0.1) is 11.3 Å². The molecule has 0 fully saturated rings. The van der Waals surface area contributed by atoms with Gasteiger partial charge in [-0.15, -0.1) is 0 Å².